The van der Waals surface area contributed by atoms with Gasteiger partial charge in [0, 0.05) is 17.7 Å². The first-order valence-corrected chi connectivity index (χ1v) is 7.97. The van der Waals surface area contributed by atoms with Crippen molar-refractivity contribution in [1.82, 2.24) is 15.5 Å². The summed E-state index contributed by atoms with van der Waals surface area (Å²) in [5.41, 5.74) is 7.22. The molecular formula is C19H17FN4O2. The Morgan fingerprint density at radius 1 is 1.12 bits per heavy atom. The lowest BCUT2D eigenvalue weighted by atomic mass is 10.1. The number of primary amides is 1. The van der Waals surface area contributed by atoms with Gasteiger partial charge in [0.25, 0.3) is 5.91 Å². The predicted octanol–water partition coefficient (Wildman–Crippen LogP) is 2.10. The molecule has 3 rings (SSSR count). The van der Waals surface area contributed by atoms with Crippen molar-refractivity contribution in [2.45, 2.75) is 12.5 Å². The molecule has 3 aromatic rings. The molecule has 0 saturated heterocycles. The van der Waals surface area contributed by atoms with E-state index in [1.807, 2.05) is 30.3 Å². The van der Waals surface area contributed by atoms with Crippen LogP contribution >= 0.6 is 0 Å². The molecular weight excluding hydrogens is 335 g/mol. The summed E-state index contributed by atoms with van der Waals surface area (Å²) < 4.78 is 13.9. The second-order valence-corrected chi connectivity index (χ2v) is 5.77. The Bertz CT molecular complexity index is 924. The smallest absolute Gasteiger partial charge is 0.272 e. The summed E-state index contributed by atoms with van der Waals surface area (Å²) in [4.78, 5) is 24.1. The quantitative estimate of drug-likeness (QED) is 0.633. The van der Waals surface area contributed by atoms with Crippen LogP contribution in [0, 0.1) is 5.82 Å². The van der Waals surface area contributed by atoms with Crippen LogP contribution in [-0.2, 0) is 11.2 Å². The average molecular weight is 352 g/mol. The number of nitrogens with zero attached hydrogens (tertiary/aromatic N) is 1. The van der Waals surface area contributed by atoms with Crippen molar-refractivity contribution >= 4 is 11.8 Å². The Balaban J connectivity index is 1.74. The number of nitrogens with one attached hydrogen (secondary N) is 2. The number of carbonyl (C=O) groups excluding carboxylic acids is 2. The Hall–Kier alpha value is -3.48. The number of benzene rings is 2. The number of hydrogen-bond acceptors (Lipinski definition) is 3. The Labute approximate surface area is 149 Å². The van der Waals surface area contributed by atoms with E-state index < -0.39 is 23.7 Å². The third-order valence-corrected chi connectivity index (χ3v) is 3.88. The van der Waals surface area contributed by atoms with Crippen molar-refractivity contribution in [3.8, 4) is 0 Å². The van der Waals surface area contributed by atoms with Crippen LogP contribution in [0.1, 0.15) is 33.4 Å². The third-order valence-electron chi connectivity index (χ3n) is 3.88. The molecule has 0 fully saturated rings. The molecule has 7 heteroatoms. The van der Waals surface area contributed by atoms with Crippen LogP contribution < -0.4 is 11.1 Å². The van der Waals surface area contributed by atoms with Crippen molar-refractivity contribution in [3.63, 3.8) is 0 Å². The molecule has 0 aliphatic carbocycles. The molecule has 1 heterocycles. The van der Waals surface area contributed by atoms with Crippen LogP contribution in [0.4, 0.5) is 4.39 Å². The molecule has 132 valence electrons. The minimum atomic E-state index is -1.28. The van der Waals surface area contributed by atoms with E-state index in [-0.39, 0.29) is 11.3 Å². The molecule has 4 N–H and O–H groups in total. The maximum Gasteiger partial charge on any atom is 0.272 e. The van der Waals surface area contributed by atoms with Gasteiger partial charge in [0.05, 0.1) is 0 Å². The number of carbonyl (C=O) groups is 2. The van der Waals surface area contributed by atoms with Crippen LogP contribution in [0.3, 0.4) is 0 Å². The first-order valence-electron chi connectivity index (χ1n) is 7.97. The fraction of sp³-hybridized carbons (Fsp3) is 0.105. The Morgan fingerprint density at radius 3 is 2.50 bits per heavy atom. The van der Waals surface area contributed by atoms with Gasteiger partial charge in [-0.1, -0.05) is 48.5 Å². The number of halogens is 1. The summed E-state index contributed by atoms with van der Waals surface area (Å²) in [5.74, 6) is -2.10. The standard InChI is InChI=1S/C19H17FN4O2/c20-15-9-5-4-8-14(15)17(18(21)25)22-19(26)16-11-13(23-24-16)10-12-6-2-1-3-7-12/h1-9,11,17H,10H2,(H2,21,25)(H,22,26)(H,23,24). The number of aromatic amines is 1. The van der Waals surface area contributed by atoms with Gasteiger partial charge >= 0.3 is 0 Å². The number of hydrogen-bond donors (Lipinski definition) is 3. The van der Waals surface area contributed by atoms with E-state index in [0.717, 1.165) is 11.3 Å². The average Bonchev–Trinajstić information content (AvgIpc) is 3.09. The topological polar surface area (TPSA) is 101 Å². The molecule has 0 spiro atoms. The maximum absolute atomic E-state index is 13.9. The number of nitrogens with two attached hydrogens (primary N) is 1. The summed E-state index contributed by atoms with van der Waals surface area (Å²) >= 11 is 0. The minimum Gasteiger partial charge on any atom is -0.368 e. The monoisotopic (exact) mass is 352 g/mol. The van der Waals surface area contributed by atoms with Crippen molar-refractivity contribution in [2.75, 3.05) is 0 Å². The molecule has 1 aromatic heterocycles. The van der Waals surface area contributed by atoms with E-state index >= 15 is 0 Å². The van der Waals surface area contributed by atoms with Gasteiger partial charge in [-0.15, -0.1) is 0 Å². The lowest BCUT2D eigenvalue weighted by Gasteiger charge is -2.15. The number of rotatable bonds is 6. The van der Waals surface area contributed by atoms with Crippen LogP contribution in [0.5, 0.6) is 0 Å². The lowest BCUT2D eigenvalue weighted by Crippen LogP contribution is -2.38. The fourth-order valence-corrected chi connectivity index (χ4v) is 2.60. The molecule has 2 amide bonds. The van der Waals surface area contributed by atoms with Gasteiger partial charge in [0.15, 0.2) is 0 Å². The zero-order valence-corrected chi connectivity index (χ0v) is 13.8. The summed E-state index contributed by atoms with van der Waals surface area (Å²) in [5, 5.41) is 9.18. The van der Waals surface area contributed by atoms with Gasteiger partial charge in [0.1, 0.15) is 17.6 Å². The highest BCUT2D eigenvalue weighted by Crippen LogP contribution is 2.17. The summed E-state index contributed by atoms with van der Waals surface area (Å²) in [6.45, 7) is 0. The number of amides is 2. The number of H-pyrrole nitrogens is 1. The molecule has 1 atom stereocenters. The predicted molar refractivity (Wildman–Crippen MR) is 93.6 cm³/mol. The first-order chi connectivity index (χ1) is 12.5. The fourth-order valence-electron chi connectivity index (χ4n) is 2.60. The van der Waals surface area contributed by atoms with Crippen molar-refractivity contribution in [1.29, 1.82) is 0 Å². The summed E-state index contributed by atoms with van der Waals surface area (Å²) in [7, 11) is 0. The zero-order chi connectivity index (χ0) is 18.5. The molecule has 26 heavy (non-hydrogen) atoms. The highest BCUT2D eigenvalue weighted by atomic mass is 19.1. The van der Waals surface area contributed by atoms with E-state index in [2.05, 4.69) is 15.5 Å². The Kier molecular flexibility index (Phi) is 5.07. The lowest BCUT2D eigenvalue weighted by molar-refractivity contribution is -0.120. The second kappa shape index (κ2) is 7.60. The molecule has 0 aliphatic rings. The molecule has 0 bridgehead atoms. The van der Waals surface area contributed by atoms with Gasteiger partial charge < -0.3 is 11.1 Å². The zero-order valence-electron chi connectivity index (χ0n) is 13.8. The van der Waals surface area contributed by atoms with Gasteiger partial charge in [-0.2, -0.15) is 5.10 Å². The summed E-state index contributed by atoms with van der Waals surface area (Å²) in [6, 6.07) is 15.6. The van der Waals surface area contributed by atoms with E-state index in [4.69, 9.17) is 5.73 Å². The molecule has 6 nitrogen and oxygen atoms in total. The van der Waals surface area contributed by atoms with Crippen molar-refractivity contribution < 1.29 is 14.0 Å². The number of aromatic nitrogens is 2. The molecule has 1 unspecified atom stereocenters. The van der Waals surface area contributed by atoms with Crippen LogP contribution in [0.2, 0.25) is 0 Å². The minimum absolute atomic E-state index is 0.00777. The first kappa shape index (κ1) is 17.3. The molecule has 0 saturated carbocycles. The van der Waals surface area contributed by atoms with Crippen molar-refractivity contribution in [3.05, 3.63) is 89.0 Å². The van der Waals surface area contributed by atoms with E-state index in [9.17, 15) is 14.0 Å². The molecule has 2 aromatic carbocycles. The third kappa shape index (κ3) is 3.94. The highest BCUT2D eigenvalue weighted by Gasteiger charge is 2.24. The summed E-state index contributed by atoms with van der Waals surface area (Å²) in [6.07, 6.45) is 0.577. The molecule has 0 radical (unpaired) electrons. The van der Waals surface area contributed by atoms with Gasteiger partial charge in [-0.25, -0.2) is 4.39 Å². The van der Waals surface area contributed by atoms with E-state index in [0.29, 0.717) is 6.42 Å². The van der Waals surface area contributed by atoms with E-state index in [1.54, 1.807) is 12.1 Å². The van der Waals surface area contributed by atoms with Crippen LogP contribution in [-0.4, -0.2) is 22.0 Å². The SMILES string of the molecule is NC(=O)C(NC(=O)c1cc(Cc2ccccc2)[nH]n1)c1ccccc1F. The Morgan fingerprint density at radius 2 is 1.81 bits per heavy atom. The van der Waals surface area contributed by atoms with Crippen LogP contribution in [0.15, 0.2) is 60.7 Å². The van der Waals surface area contributed by atoms with Crippen LogP contribution in [0.25, 0.3) is 0 Å². The van der Waals surface area contributed by atoms with Gasteiger partial charge in [0.2, 0.25) is 5.91 Å². The van der Waals surface area contributed by atoms with E-state index in [1.165, 1.54) is 18.2 Å². The largest absolute Gasteiger partial charge is 0.368 e. The molecule has 0 aliphatic heterocycles. The maximum atomic E-state index is 13.9. The van der Waals surface area contributed by atoms with Gasteiger partial charge in [-0.3, -0.25) is 14.7 Å². The van der Waals surface area contributed by atoms with Crippen molar-refractivity contribution in [2.24, 2.45) is 5.73 Å². The van der Waals surface area contributed by atoms with Gasteiger partial charge in [-0.05, 0) is 17.7 Å². The second-order valence-electron chi connectivity index (χ2n) is 5.77. The normalized spacial score (nSPS) is 11.7. The highest BCUT2D eigenvalue weighted by molar-refractivity contribution is 5.96.